The van der Waals surface area contributed by atoms with Gasteiger partial charge in [0, 0.05) is 31.9 Å². The lowest BCUT2D eigenvalue weighted by atomic mass is 10.2. The van der Waals surface area contributed by atoms with Gasteiger partial charge in [-0.2, -0.15) is 0 Å². The summed E-state index contributed by atoms with van der Waals surface area (Å²) in [6.07, 6.45) is 1.69. The Bertz CT molecular complexity index is 620. The normalized spacial score (nSPS) is 16.4. The van der Waals surface area contributed by atoms with Crippen molar-refractivity contribution in [3.05, 3.63) is 54.2 Å². The summed E-state index contributed by atoms with van der Waals surface area (Å²) in [5.74, 6) is 0.583. The van der Waals surface area contributed by atoms with Gasteiger partial charge in [-0.05, 0) is 36.4 Å². The zero-order valence-electron chi connectivity index (χ0n) is 12.9. The molecule has 122 valence electrons. The Balaban J connectivity index is 1.41. The topological polar surface area (TPSA) is 48.7 Å². The zero-order chi connectivity index (χ0) is 16.1. The fraction of sp³-hybridized carbons (Fsp3) is 0.353. The molecule has 1 N–H and O–H groups in total. The van der Waals surface area contributed by atoms with E-state index in [1.54, 1.807) is 18.4 Å². The number of furan rings is 1. The molecule has 0 aliphatic carbocycles. The Kier molecular flexibility index (Phi) is 5.05. The van der Waals surface area contributed by atoms with Gasteiger partial charge >= 0.3 is 0 Å². The molecule has 0 unspecified atom stereocenters. The second kappa shape index (κ2) is 7.39. The highest BCUT2D eigenvalue weighted by Gasteiger charge is 2.19. The van der Waals surface area contributed by atoms with E-state index in [1.807, 2.05) is 12.1 Å². The number of hydrogen-bond donors (Lipinski definition) is 1. The van der Waals surface area contributed by atoms with Gasteiger partial charge in [0.05, 0.1) is 19.4 Å². The summed E-state index contributed by atoms with van der Waals surface area (Å²) in [6.45, 7) is 4.67. The van der Waals surface area contributed by atoms with E-state index in [2.05, 4.69) is 15.1 Å². The summed E-state index contributed by atoms with van der Waals surface area (Å²) < 4.78 is 18.2. The number of anilines is 1. The van der Waals surface area contributed by atoms with Crippen molar-refractivity contribution in [3.63, 3.8) is 0 Å². The van der Waals surface area contributed by atoms with Crippen LogP contribution in [0.2, 0.25) is 0 Å². The molecule has 2 aromatic rings. The van der Waals surface area contributed by atoms with E-state index in [0.29, 0.717) is 12.2 Å². The molecule has 0 spiro atoms. The van der Waals surface area contributed by atoms with Gasteiger partial charge in [0.15, 0.2) is 0 Å². The molecular formula is C17H20FN3O2. The predicted molar refractivity (Wildman–Crippen MR) is 85.5 cm³/mol. The highest BCUT2D eigenvalue weighted by molar-refractivity contribution is 5.92. The Morgan fingerprint density at radius 2 is 1.78 bits per heavy atom. The molecule has 1 aliphatic rings. The highest BCUT2D eigenvalue weighted by Crippen LogP contribution is 2.10. The molecule has 0 saturated carbocycles. The van der Waals surface area contributed by atoms with Gasteiger partial charge in [-0.15, -0.1) is 0 Å². The van der Waals surface area contributed by atoms with E-state index in [-0.39, 0.29) is 11.7 Å². The number of amides is 1. The van der Waals surface area contributed by atoms with Crippen LogP contribution >= 0.6 is 0 Å². The minimum Gasteiger partial charge on any atom is -0.468 e. The van der Waals surface area contributed by atoms with Crippen molar-refractivity contribution in [3.8, 4) is 0 Å². The van der Waals surface area contributed by atoms with Crippen LogP contribution in [0.25, 0.3) is 0 Å². The molecule has 0 atom stereocenters. The summed E-state index contributed by atoms with van der Waals surface area (Å²) in [5, 5.41) is 2.79. The number of nitrogens with one attached hydrogen (secondary N) is 1. The van der Waals surface area contributed by atoms with E-state index >= 15 is 0 Å². The van der Waals surface area contributed by atoms with E-state index in [4.69, 9.17) is 4.42 Å². The smallest absolute Gasteiger partial charge is 0.238 e. The molecule has 23 heavy (non-hydrogen) atoms. The summed E-state index contributed by atoms with van der Waals surface area (Å²) >= 11 is 0. The van der Waals surface area contributed by atoms with Crippen LogP contribution in [-0.2, 0) is 11.3 Å². The number of piperazine rings is 1. The minimum absolute atomic E-state index is 0.0731. The van der Waals surface area contributed by atoms with Gasteiger partial charge in [0.1, 0.15) is 11.6 Å². The zero-order valence-corrected chi connectivity index (χ0v) is 12.9. The Labute approximate surface area is 134 Å². The Morgan fingerprint density at radius 3 is 2.43 bits per heavy atom. The Hall–Kier alpha value is -2.18. The van der Waals surface area contributed by atoms with E-state index < -0.39 is 0 Å². The van der Waals surface area contributed by atoms with Crippen LogP contribution in [0, 0.1) is 5.82 Å². The lowest BCUT2D eigenvalue weighted by molar-refractivity contribution is -0.117. The molecule has 5 nitrogen and oxygen atoms in total. The van der Waals surface area contributed by atoms with Crippen molar-refractivity contribution < 1.29 is 13.6 Å². The van der Waals surface area contributed by atoms with Crippen molar-refractivity contribution in [2.45, 2.75) is 6.54 Å². The van der Waals surface area contributed by atoms with Gasteiger partial charge in [-0.3, -0.25) is 14.6 Å². The number of rotatable bonds is 5. The third-order valence-corrected chi connectivity index (χ3v) is 3.92. The first-order chi connectivity index (χ1) is 11.2. The molecule has 1 amide bonds. The van der Waals surface area contributed by atoms with Crippen LogP contribution in [0.5, 0.6) is 0 Å². The molecule has 1 aromatic heterocycles. The van der Waals surface area contributed by atoms with Gasteiger partial charge in [0.2, 0.25) is 5.91 Å². The first-order valence-corrected chi connectivity index (χ1v) is 7.71. The number of nitrogens with zero attached hydrogens (tertiary/aromatic N) is 2. The maximum absolute atomic E-state index is 12.8. The van der Waals surface area contributed by atoms with Gasteiger partial charge < -0.3 is 9.73 Å². The lowest BCUT2D eigenvalue weighted by Crippen LogP contribution is -2.48. The SMILES string of the molecule is O=C(CN1CCN(Cc2ccco2)CC1)Nc1ccc(F)cc1. The highest BCUT2D eigenvalue weighted by atomic mass is 19.1. The lowest BCUT2D eigenvalue weighted by Gasteiger charge is -2.33. The first kappa shape index (κ1) is 15.7. The van der Waals surface area contributed by atoms with E-state index in [0.717, 1.165) is 38.5 Å². The molecule has 1 fully saturated rings. The fourth-order valence-electron chi connectivity index (χ4n) is 2.67. The van der Waals surface area contributed by atoms with Crippen LogP contribution in [0.15, 0.2) is 47.1 Å². The van der Waals surface area contributed by atoms with Crippen molar-refractivity contribution >= 4 is 11.6 Å². The molecule has 6 heteroatoms. The molecular weight excluding hydrogens is 297 g/mol. The number of halogens is 1. The van der Waals surface area contributed by atoms with Gasteiger partial charge in [-0.25, -0.2) is 4.39 Å². The average molecular weight is 317 g/mol. The standard InChI is InChI=1S/C17H20FN3O2/c18-14-3-5-15(6-4-14)19-17(22)13-21-9-7-20(8-10-21)12-16-2-1-11-23-16/h1-6,11H,7-10,12-13H2,(H,19,22). The summed E-state index contributed by atoms with van der Waals surface area (Å²) in [5.41, 5.74) is 0.618. The number of hydrogen-bond acceptors (Lipinski definition) is 4. The average Bonchev–Trinajstić information content (AvgIpc) is 3.04. The quantitative estimate of drug-likeness (QED) is 0.918. The second-order valence-corrected chi connectivity index (χ2v) is 5.69. The molecule has 0 bridgehead atoms. The number of benzene rings is 1. The molecule has 1 saturated heterocycles. The summed E-state index contributed by atoms with van der Waals surface area (Å²) in [4.78, 5) is 16.5. The van der Waals surface area contributed by atoms with Crippen molar-refractivity contribution in [1.29, 1.82) is 0 Å². The molecule has 1 aliphatic heterocycles. The van der Waals surface area contributed by atoms with Crippen LogP contribution in [0.3, 0.4) is 0 Å². The second-order valence-electron chi connectivity index (χ2n) is 5.69. The van der Waals surface area contributed by atoms with E-state index in [9.17, 15) is 9.18 Å². The maximum Gasteiger partial charge on any atom is 0.238 e. The van der Waals surface area contributed by atoms with Crippen molar-refractivity contribution in [2.75, 3.05) is 38.0 Å². The summed E-state index contributed by atoms with van der Waals surface area (Å²) in [7, 11) is 0. The Morgan fingerprint density at radius 1 is 1.09 bits per heavy atom. The molecule has 2 heterocycles. The number of carbonyl (C=O) groups excluding carboxylic acids is 1. The van der Waals surface area contributed by atoms with Crippen molar-refractivity contribution in [2.24, 2.45) is 0 Å². The third kappa shape index (κ3) is 4.64. The van der Waals surface area contributed by atoms with Crippen LogP contribution in [-0.4, -0.2) is 48.4 Å². The largest absolute Gasteiger partial charge is 0.468 e. The molecule has 3 rings (SSSR count). The van der Waals surface area contributed by atoms with Crippen LogP contribution in [0.1, 0.15) is 5.76 Å². The van der Waals surface area contributed by atoms with Crippen molar-refractivity contribution in [1.82, 2.24) is 9.80 Å². The minimum atomic E-state index is -0.310. The monoisotopic (exact) mass is 317 g/mol. The van der Waals surface area contributed by atoms with Gasteiger partial charge in [-0.1, -0.05) is 0 Å². The first-order valence-electron chi connectivity index (χ1n) is 7.71. The molecule has 0 radical (unpaired) electrons. The van der Waals surface area contributed by atoms with E-state index in [1.165, 1.54) is 12.1 Å². The summed E-state index contributed by atoms with van der Waals surface area (Å²) in [6, 6.07) is 9.67. The molecule has 1 aromatic carbocycles. The predicted octanol–water partition coefficient (Wildman–Crippen LogP) is 2.17. The van der Waals surface area contributed by atoms with Crippen LogP contribution in [0.4, 0.5) is 10.1 Å². The number of carbonyl (C=O) groups is 1. The third-order valence-electron chi connectivity index (χ3n) is 3.92. The van der Waals surface area contributed by atoms with Crippen LogP contribution < -0.4 is 5.32 Å². The fourth-order valence-corrected chi connectivity index (χ4v) is 2.67. The van der Waals surface area contributed by atoms with Gasteiger partial charge in [0.25, 0.3) is 0 Å². The maximum atomic E-state index is 12.8.